The molecule has 0 saturated carbocycles. The Hall–Kier alpha value is -0.990. The fourth-order valence-electron chi connectivity index (χ4n) is 1.13. The summed E-state index contributed by atoms with van der Waals surface area (Å²) in [6.07, 6.45) is 0. The van der Waals surface area contributed by atoms with E-state index in [4.69, 9.17) is 5.53 Å². The van der Waals surface area contributed by atoms with E-state index in [1.807, 2.05) is 31.2 Å². The Morgan fingerprint density at radius 3 is 2.85 bits per heavy atom. The zero-order valence-corrected chi connectivity index (χ0v) is 8.90. The predicted molar refractivity (Wildman–Crippen MR) is 56.6 cm³/mol. The number of rotatable bonds is 3. The highest BCUT2D eigenvalue weighted by atomic mass is 79.9. The number of azide groups is 1. The summed E-state index contributed by atoms with van der Waals surface area (Å²) in [5.41, 5.74) is 9.35. The summed E-state index contributed by atoms with van der Waals surface area (Å²) in [6.45, 7) is 2.54. The monoisotopic (exact) mass is 239 g/mol. The lowest BCUT2D eigenvalue weighted by molar-refractivity contribution is 0.766. The van der Waals surface area contributed by atoms with Crippen molar-refractivity contribution in [1.29, 1.82) is 0 Å². The predicted octanol–water partition coefficient (Wildman–Crippen LogP) is 3.86. The number of hydrogen-bond acceptors (Lipinski definition) is 1. The van der Waals surface area contributed by atoms with Gasteiger partial charge in [-0.3, -0.25) is 0 Å². The zero-order chi connectivity index (χ0) is 9.68. The first-order chi connectivity index (χ1) is 6.25. The molecule has 0 aliphatic rings. The van der Waals surface area contributed by atoms with E-state index in [9.17, 15) is 0 Å². The molecule has 0 aliphatic heterocycles. The molecule has 3 nitrogen and oxygen atoms in total. The number of halogens is 1. The van der Waals surface area contributed by atoms with Gasteiger partial charge in [0.15, 0.2) is 0 Å². The molecule has 0 saturated heterocycles. The van der Waals surface area contributed by atoms with Gasteiger partial charge in [0.05, 0.1) is 0 Å². The Balaban J connectivity index is 2.81. The maximum Gasteiger partial charge on any atom is 0.0324 e. The molecule has 0 heterocycles. The largest absolute Gasteiger partial charge is 0.0934 e. The average molecular weight is 240 g/mol. The lowest BCUT2D eigenvalue weighted by atomic mass is 10.0. The highest BCUT2D eigenvalue weighted by molar-refractivity contribution is 9.10. The zero-order valence-electron chi connectivity index (χ0n) is 7.31. The topological polar surface area (TPSA) is 48.8 Å². The van der Waals surface area contributed by atoms with Crippen molar-refractivity contribution in [3.63, 3.8) is 0 Å². The van der Waals surface area contributed by atoms with Gasteiger partial charge in [-0.05, 0) is 23.1 Å². The minimum Gasteiger partial charge on any atom is -0.0934 e. The molecule has 0 radical (unpaired) electrons. The Bertz CT molecular complexity index is 331. The van der Waals surface area contributed by atoms with Crippen LogP contribution in [0.15, 0.2) is 33.9 Å². The summed E-state index contributed by atoms with van der Waals surface area (Å²) in [4.78, 5) is 2.74. The average Bonchev–Trinajstić information content (AvgIpc) is 2.15. The van der Waals surface area contributed by atoms with E-state index in [0.717, 1.165) is 4.47 Å². The van der Waals surface area contributed by atoms with Crippen molar-refractivity contribution in [2.45, 2.75) is 12.8 Å². The van der Waals surface area contributed by atoms with Gasteiger partial charge in [-0.15, -0.1) is 0 Å². The molecule has 0 N–H and O–H groups in total. The summed E-state index contributed by atoms with van der Waals surface area (Å²) in [5, 5.41) is 3.55. The van der Waals surface area contributed by atoms with Crippen molar-refractivity contribution >= 4 is 15.9 Å². The Morgan fingerprint density at radius 2 is 2.23 bits per heavy atom. The van der Waals surface area contributed by atoms with E-state index in [1.54, 1.807) is 0 Å². The molecule has 0 spiro atoms. The van der Waals surface area contributed by atoms with Gasteiger partial charge < -0.3 is 0 Å². The first-order valence-corrected chi connectivity index (χ1v) is 4.80. The third-order valence-electron chi connectivity index (χ3n) is 1.85. The Labute approximate surface area is 85.5 Å². The van der Waals surface area contributed by atoms with Gasteiger partial charge in [0.1, 0.15) is 0 Å². The van der Waals surface area contributed by atoms with Crippen LogP contribution in [-0.4, -0.2) is 6.54 Å². The first kappa shape index (κ1) is 10.1. The van der Waals surface area contributed by atoms with Gasteiger partial charge in [-0.25, -0.2) is 0 Å². The molecule has 0 amide bonds. The van der Waals surface area contributed by atoms with E-state index >= 15 is 0 Å². The van der Waals surface area contributed by atoms with Crippen LogP contribution >= 0.6 is 15.9 Å². The lowest BCUT2D eigenvalue weighted by Crippen LogP contribution is -1.97. The lowest BCUT2D eigenvalue weighted by Gasteiger charge is -2.09. The van der Waals surface area contributed by atoms with E-state index in [0.29, 0.717) is 6.54 Å². The number of benzene rings is 1. The van der Waals surface area contributed by atoms with Gasteiger partial charge in [-0.1, -0.05) is 46.2 Å². The summed E-state index contributed by atoms with van der Waals surface area (Å²) in [6, 6.07) is 7.96. The van der Waals surface area contributed by atoms with Gasteiger partial charge in [-0.2, -0.15) is 0 Å². The minimum absolute atomic E-state index is 0.256. The number of nitrogens with zero attached hydrogens (tertiary/aromatic N) is 3. The Morgan fingerprint density at radius 1 is 1.54 bits per heavy atom. The second-order valence-electron chi connectivity index (χ2n) is 2.84. The molecular formula is C9H10BrN3. The molecule has 1 aromatic rings. The van der Waals surface area contributed by atoms with Gasteiger partial charge in [0, 0.05) is 15.9 Å². The van der Waals surface area contributed by atoms with Crippen molar-refractivity contribution < 1.29 is 0 Å². The van der Waals surface area contributed by atoms with Crippen LogP contribution < -0.4 is 0 Å². The molecule has 1 rings (SSSR count). The van der Waals surface area contributed by atoms with E-state index in [-0.39, 0.29) is 5.92 Å². The van der Waals surface area contributed by atoms with Crippen LogP contribution in [-0.2, 0) is 0 Å². The van der Waals surface area contributed by atoms with Crippen LogP contribution in [0.25, 0.3) is 10.4 Å². The highest BCUT2D eigenvalue weighted by Gasteiger charge is 2.06. The second-order valence-corrected chi connectivity index (χ2v) is 3.69. The standard InChI is InChI=1S/C9H10BrN3/c1-7(6-12-13-11)8-4-2-3-5-9(8)10/h2-5,7H,6H2,1H3/t7-/m0/s1. The quantitative estimate of drug-likeness (QED) is 0.437. The molecule has 0 aromatic heterocycles. The van der Waals surface area contributed by atoms with Crippen LogP contribution in [0.5, 0.6) is 0 Å². The van der Waals surface area contributed by atoms with Crippen molar-refractivity contribution in [3.8, 4) is 0 Å². The van der Waals surface area contributed by atoms with Crippen molar-refractivity contribution in [2.24, 2.45) is 5.11 Å². The van der Waals surface area contributed by atoms with Crippen molar-refractivity contribution in [3.05, 3.63) is 44.7 Å². The van der Waals surface area contributed by atoms with Crippen molar-refractivity contribution in [2.75, 3.05) is 6.54 Å². The van der Waals surface area contributed by atoms with Crippen LogP contribution in [0.2, 0.25) is 0 Å². The normalized spacial score (nSPS) is 11.8. The molecule has 68 valence electrons. The summed E-state index contributed by atoms with van der Waals surface area (Å²) < 4.78 is 1.07. The van der Waals surface area contributed by atoms with Gasteiger partial charge in [0.25, 0.3) is 0 Å². The molecule has 0 unspecified atom stereocenters. The number of hydrogen-bond donors (Lipinski definition) is 0. The van der Waals surface area contributed by atoms with E-state index in [2.05, 4.69) is 26.0 Å². The fraction of sp³-hybridized carbons (Fsp3) is 0.333. The summed E-state index contributed by atoms with van der Waals surface area (Å²) >= 11 is 3.45. The molecule has 0 fully saturated rings. The fourth-order valence-corrected chi connectivity index (χ4v) is 1.81. The van der Waals surface area contributed by atoms with E-state index in [1.165, 1.54) is 5.56 Å². The maximum absolute atomic E-state index is 8.18. The summed E-state index contributed by atoms with van der Waals surface area (Å²) in [7, 11) is 0. The highest BCUT2D eigenvalue weighted by Crippen LogP contribution is 2.24. The molecule has 4 heteroatoms. The van der Waals surface area contributed by atoms with Crippen molar-refractivity contribution in [1.82, 2.24) is 0 Å². The molecule has 1 atom stereocenters. The Kier molecular flexibility index (Phi) is 3.80. The molecule has 1 aromatic carbocycles. The molecule has 0 bridgehead atoms. The second kappa shape index (κ2) is 4.90. The third kappa shape index (κ3) is 2.76. The maximum atomic E-state index is 8.18. The molecule has 13 heavy (non-hydrogen) atoms. The summed E-state index contributed by atoms with van der Waals surface area (Å²) in [5.74, 6) is 0.256. The van der Waals surface area contributed by atoms with Gasteiger partial charge in [0.2, 0.25) is 0 Å². The van der Waals surface area contributed by atoms with E-state index < -0.39 is 0 Å². The minimum atomic E-state index is 0.256. The first-order valence-electron chi connectivity index (χ1n) is 4.01. The van der Waals surface area contributed by atoms with Gasteiger partial charge >= 0.3 is 0 Å². The smallest absolute Gasteiger partial charge is 0.0324 e. The SMILES string of the molecule is C[C@@H](CN=[N+]=[N-])c1ccccc1Br. The third-order valence-corrected chi connectivity index (χ3v) is 2.58. The van der Waals surface area contributed by atoms with Crippen LogP contribution in [0.1, 0.15) is 18.4 Å². The molecular weight excluding hydrogens is 230 g/mol. The van der Waals surface area contributed by atoms with Crippen LogP contribution in [0.4, 0.5) is 0 Å². The van der Waals surface area contributed by atoms with Crippen LogP contribution in [0.3, 0.4) is 0 Å². The molecule has 0 aliphatic carbocycles. The van der Waals surface area contributed by atoms with Crippen LogP contribution in [0, 0.1) is 0 Å².